The van der Waals surface area contributed by atoms with Gasteiger partial charge in [-0.2, -0.15) is 0 Å². The van der Waals surface area contributed by atoms with Crippen LogP contribution >= 0.6 is 0 Å². The lowest BCUT2D eigenvalue weighted by Crippen LogP contribution is -2.49. The molecule has 0 saturated heterocycles. The molecule has 0 aliphatic heterocycles. The Kier molecular flexibility index (Phi) is 7.99. The third-order valence-electron chi connectivity index (χ3n) is 4.47. The molecule has 144 valence electrons. The van der Waals surface area contributed by atoms with Crippen molar-refractivity contribution in [1.29, 1.82) is 0 Å². The van der Waals surface area contributed by atoms with Crippen molar-refractivity contribution in [2.45, 2.75) is 39.2 Å². The number of amides is 2. The van der Waals surface area contributed by atoms with E-state index in [2.05, 4.69) is 5.32 Å². The average Bonchev–Trinajstić information content (AvgIpc) is 2.68. The summed E-state index contributed by atoms with van der Waals surface area (Å²) in [6, 6.07) is 15.2. The summed E-state index contributed by atoms with van der Waals surface area (Å²) >= 11 is 0. The average molecular weight is 370 g/mol. The number of carbonyl (C=O) groups is 2. The van der Waals surface area contributed by atoms with Crippen molar-refractivity contribution in [2.24, 2.45) is 0 Å². The molecule has 2 aromatic carbocycles. The van der Waals surface area contributed by atoms with Gasteiger partial charge in [0.1, 0.15) is 11.9 Å². The van der Waals surface area contributed by atoms with Crippen LogP contribution in [0.1, 0.15) is 31.4 Å². The van der Waals surface area contributed by atoms with Crippen LogP contribution in [0.5, 0.6) is 0 Å². The van der Waals surface area contributed by atoms with Gasteiger partial charge >= 0.3 is 0 Å². The summed E-state index contributed by atoms with van der Waals surface area (Å²) in [5.74, 6) is -0.631. The SMILES string of the molecule is CCCNC(=O)[C@@H](C)N(CCc1ccccc1)C(=O)Cc1ccc(F)cc1. The highest BCUT2D eigenvalue weighted by atomic mass is 19.1. The van der Waals surface area contributed by atoms with Gasteiger partial charge in [0.05, 0.1) is 6.42 Å². The molecule has 0 heterocycles. The molecule has 27 heavy (non-hydrogen) atoms. The van der Waals surface area contributed by atoms with Crippen molar-refractivity contribution >= 4 is 11.8 Å². The molecule has 0 radical (unpaired) electrons. The van der Waals surface area contributed by atoms with Gasteiger partial charge in [0.2, 0.25) is 11.8 Å². The maximum Gasteiger partial charge on any atom is 0.242 e. The monoisotopic (exact) mass is 370 g/mol. The molecule has 2 amide bonds. The Hall–Kier alpha value is -2.69. The van der Waals surface area contributed by atoms with Crippen molar-refractivity contribution in [1.82, 2.24) is 10.2 Å². The molecule has 5 heteroatoms. The van der Waals surface area contributed by atoms with E-state index in [-0.39, 0.29) is 24.1 Å². The molecule has 2 rings (SSSR count). The van der Waals surface area contributed by atoms with Gasteiger partial charge in [-0.1, -0.05) is 49.4 Å². The van der Waals surface area contributed by atoms with Crippen molar-refractivity contribution in [3.63, 3.8) is 0 Å². The number of halogens is 1. The van der Waals surface area contributed by atoms with E-state index in [1.165, 1.54) is 12.1 Å². The molecule has 0 unspecified atom stereocenters. The van der Waals surface area contributed by atoms with E-state index in [0.29, 0.717) is 19.5 Å². The maximum atomic E-state index is 13.1. The second-order valence-corrected chi connectivity index (χ2v) is 6.59. The Labute approximate surface area is 160 Å². The van der Waals surface area contributed by atoms with Gasteiger partial charge in [-0.05, 0) is 43.0 Å². The lowest BCUT2D eigenvalue weighted by atomic mass is 10.1. The first kappa shape index (κ1) is 20.6. The summed E-state index contributed by atoms with van der Waals surface area (Å²) in [6.45, 7) is 4.77. The van der Waals surface area contributed by atoms with Crippen LogP contribution in [0.25, 0.3) is 0 Å². The van der Waals surface area contributed by atoms with E-state index in [4.69, 9.17) is 0 Å². The predicted octanol–water partition coefficient (Wildman–Crippen LogP) is 3.35. The predicted molar refractivity (Wildman–Crippen MR) is 105 cm³/mol. The second-order valence-electron chi connectivity index (χ2n) is 6.59. The molecule has 0 aromatic heterocycles. The first-order valence-electron chi connectivity index (χ1n) is 9.36. The highest BCUT2D eigenvalue weighted by Gasteiger charge is 2.25. The summed E-state index contributed by atoms with van der Waals surface area (Å²) in [7, 11) is 0. The van der Waals surface area contributed by atoms with E-state index < -0.39 is 6.04 Å². The lowest BCUT2D eigenvalue weighted by molar-refractivity contribution is -0.139. The molecule has 0 aliphatic carbocycles. The minimum Gasteiger partial charge on any atom is -0.354 e. The van der Waals surface area contributed by atoms with Gasteiger partial charge in [0, 0.05) is 13.1 Å². The highest BCUT2D eigenvalue weighted by molar-refractivity contribution is 5.88. The summed E-state index contributed by atoms with van der Waals surface area (Å²) in [5.41, 5.74) is 1.84. The zero-order valence-corrected chi connectivity index (χ0v) is 16.0. The standard InChI is InChI=1S/C22H27FN2O2/c1-3-14-24-22(27)17(2)25(15-13-18-7-5-4-6-8-18)21(26)16-19-9-11-20(23)12-10-19/h4-12,17H,3,13-16H2,1-2H3,(H,24,27)/t17-/m1/s1. The van der Waals surface area contributed by atoms with Crippen LogP contribution in [0.3, 0.4) is 0 Å². The van der Waals surface area contributed by atoms with Crippen molar-refractivity contribution in [3.05, 3.63) is 71.5 Å². The highest BCUT2D eigenvalue weighted by Crippen LogP contribution is 2.10. The summed E-state index contributed by atoms with van der Waals surface area (Å²) in [6.07, 6.45) is 1.65. The van der Waals surface area contributed by atoms with Crippen LogP contribution in [0.2, 0.25) is 0 Å². The quantitative estimate of drug-likeness (QED) is 0.736. The Morgan fingerprint density at radius 3 is 2.33 bits per heavy atom. The molecule has 0 spiro atoms. The fraction of sp³-hybridized carbons (Fsp3) is 0.364. The van der Waals surface area contributed by atoms with Crippen LogP contribution in [-0.2, 0) is 22.4 Å². The van der Waals surface area contributed by atoms with Crippen molar-refractivity contribution in [2.75, 3.05) is 13.1 Å². The molecule has 1 atom stereocenters. The Balaban J connectivity index is 2.10. The lowest BCUT2D eigenvalue weighted by Gasteiger charge is -2.29. The van der Waals surface area contributed by atoms with Gasteiger partial charge in [-0.15, -0.1) is 0 Å². The van der Waals surface area contributed by atoms with E-state index in [0.717, 1.165) is 17.5 Å². The van der Waals surface area contributed by atoms with Crippen LogP contribution in [0.4, 0.5) is 4.39 Å². The van der Waals surface area contributed by atoms with E-state index >= 15 is 0 Å². The summed E-state index contributed by atoms with van der Waals surface area (Å²) in [4.78, 5) is 26.9. The normalized spacial score (nSPS) is 11.7. The van der Waals surface area contributed by atoms with Gasteiger partial charge in [-0.3, -0.25) is 9.59 Å². The van der Waals surface area contributed by atoms with E-state index in [1.807, 2.05) is 37.3 Å². The number of rotatable bonds is 9. The zero-order chi connectivity index (χ0) is 19.6. The van der Waals surface area contributed by atoms with E-state index in [1.54, 1.807) is 24.0 Å². The van der Waals surface area contributed by atoms with Gasteiger partial charge in [0.15, 0.2) is 0 Å². The number of nitrogens with zero attached hydrogens (tertiary/aromatic N) is 1. The fourth-order valence-electron chi connectivity index (χ4n) is 2.84. The first-order chi connectivity index (χ1) is 13.0. The summed E-state index contributed by atoms with van der Waals surface area (Å²) < 4.78 is 13.1. The molecule has 4 nitrogen and oxygen atoms in total. The van der Waals surface area contributed by atoms with Gasteiger partial charge in [0.25, 0.3) is 0 Å². The van der Waals surface area contributed by atoms with Crippen LogP contribution < -0.4 is 5.32 Å². The number of nitrogens with one attached hydrogen (secondary N) is 1. The minimum absolute atomic E-state index is 0.139. The molecule has 0 saturated carbocycles. The number of hydrogen-bond acceptors (Lipinski definition) is 2. The third-order valence-corrected chi connectivity index (χ3v) is 4.47. The van der Waals surface area contributed by atoms with Crippen LogP contribution in [-0.4, -0.2) is 35.8 Å². The van der Waals surface area contributed by atoms with E-state index in [9.17, 15) is 14.0 Å². The second kappa shape index (κ2) is 10.5. The van der Waals surface area contributed by atoms with Crippen molar-refractivity contribution in [3.8, 4) is 0 Å². The molecule has 1 N–H and O–H groups in total. The molecule has 0 fully saturated rings. The smallest absolute Gasteiger partial charge is 0.242 e. The van der Waals surface area contributed by atoms with Gasteiger partial charge < -0.3 is 10.2 Å². The molecule has 2 aromatic rings. The molecular weight excluding hydrogens is 343 g/mol. The van der Waals surface area contributed by atoms with Crippen molar-refractivity contribution < 1.29 is 14.0 Å². The topological polar surface area (TPSA) is 49.4 Å². The third kappa shape index (κ3) is 6.51. The largest absolute Gasteiger partial charge is 0.354 e. The molecular formula is C22H27FN2O2. The number of benzene rings is 2. The Morgan fingerprint density at radius 2 is 1.70 bits per heavy atom. The van der Waals surface area contributed by atoms with Crippen LogP contribution in [0, 0.1) is 5.82 Å². The summed E-state index contributed by atoms with van der Waals surface area (Å²) in [5, 5.41) is 2.85. The zero-order valence-electron chi connectivity index (χ0n) is 16.0. The maximum absolute atomic E-state index is 13.1. The molecule has 0 aliphatic rings. The molecule has 0 bridgehead atoms. The first-order valence-corrected chi connectivity index (χ1v) is 9.36. The fourth-order valence-corrected chi connectivity index (χ4v) is 2.84. The van der Waals surface area contributed by atoms with Gasteiger partial charge in [-0.25, -0.2) is 4.39 Å². The Bertz CT molecular complexity index is 732. The Morgan fingerprint density at radius 1 is 1.04 bits per heavy atom. The minimum atomic E-state index is -0.562. The van der Waals surface area contributed by atoms with Crippen LogP contribution in [0.15, 0.2) is 54.6 Å². The number of hydrogen-bond donors (Lipinski definition) is 1. The number of carbonyl (C=O) groups excluding carboxylic acids is 2.